The standard InChI is InChI=1S/C19H26N2O/c1-3-4-9-19(22)21-12-10-15(11-13-21)17-14-20(2)18-8-6-5-7-16(17)18/h5-8,14-15H,3-4,9-13H2,1-2H3. The van der Waals surface area contributed by atoms with Crippen LogP contribution in [0.3, 0.4) is 0 Å². The van der Waals surface area contributed by atoms with E-state index in [1.807, 2.05) is 0 Å². The molecule has 1 amide bonds. The smallest absolute Gasteiger partial charge is 0.222 e. The number of carbonyl (C=O) groups excluding carboxylic acids is 1. The summed E-state index contributed by atoms with van der Waals surface area (Å²) in [6.07, 6.45) is 7.29. The van der Waals surface area contributed by atoms with Crippen molar-refractivity contribution in [3.63, 3.8) is 0 Å². The Labute approximate surface area is 132 Å². The number of aromatic nitrogens is 1. The van der Waals surface area contributed by atoms with E-state index in [-0.39, 0.29) is 0 Å². The van der Waals surface area contributed by atoms with Crippen molar-refractivity contribution in [2.75, 3.05) is 13.1 Å². The van der Waals surface area contributed by atoms with Crippen LogP contribution in [0.2, 0.25) is 0 Å². The molecule has 1 fully saturated rings. The molecule has 118 valence electrons. The number of rotatable bonds is 4. The van der Waals surface area contributed by atoms with Gasteiger partial charge in [0.1, 0.15) is 0 Å². The summed E-state index contributed by atoms with van der Waals surface area (Å²) in [6, 6.07) is 8.63. The summed E-state index contributed by atoms with van der Waals surface area (Å²) in [5, 5.41) is 1.38. The SMILES string of the molecule is CCCCC(=O)N1CCC(c2cn(C)c3ccccc23)CC1. The van der Waals surface area contributed by atoms with Crippen molar-refractivity contribution in [3.8, 4) is 0 Å². The maximum Gasteiger partial charge on any atom is 0.222 e. The average Bonchev–Trinajstić information content (AvgIpc) is 2.90. The van der Waals surface area contributed by atoms with Gasteiger partial charge in [-0.25, -0.2) is 0 Å². The quantitative estimate of drug-likeness (QED) is 0.835. The molecule has 1 saturated heterocycles. The highest BCUT2D eigenvalue weighted by Crippen LogP contribution is 2.34. The summed E-state index contributed by atoms with van der Waals surface area (Å²) in [7, 11) is 2.12. The lowest BCUT2D eigenvalue weighted by molar-refractivity contribution is -0.132. The summed E-state index contributed by atoms with van der Waals surface area (Å²) in [5.41, 5.74) is 2.76. The van der Waals surface area contributed by atoms with Crippen molar-refractivity contribution < 1.29 is 4.79 Å². The molecule has 0 saturated carbocycles. The third-order valence-electron chi connectivity index (χ3n) is 4.96. The number of likely N-dealkylation sites (tertiary alicyclic amines) is 1. The zero-order valence-corrected chi connectivity index (χ0v) is 13.7. The molecule has 0 radical (unpaired) electrons. The van der Waals surface area contributed by atoms with Crippen LogP contribution in [0.25, 0.3) is 10.9 Å². The van der Waals surface area contributed by atoms with E-state index in [0.717, 1.165) is 45.2 Å². The first-order valence-electron chi connectivity index (χ1n) is 8.52. The van der Waals surface area contributed by atoms with Gasteiger partial charge >= 0.3 is 0 Å². The molecule has 1 aromatic carbocycles. The van der Waals surface area contributed by atoms with E-state index in [0.29, 0.717) is 11.8 Å². The van der Waals surface area contributed by atoms with Gasteiger partial charge in [0.2, 0.25) is 5.91 Å². The van der Waals surface area contributed by atoms with Gasteiger partial charge in [-0.3, -0.25) is 4.79 Å². The number of para-hydroxylation sites is 1. The number of amides is 1. The maximum atomic E-state index is 12.1. The van der Waals surface area contributed by atoms with Gasteiger partial charge in [0.15, 0.2) is 0 Å². The average molecular weight is 298 g/mol. The normalized spacial score (nSPS) is 16.4. The number of piperidine rings is 1. The summed E-state index contributed by atoms with van der Waals surface area (Å²) < 4.78 is 2.23. The van der Waals surface area contributed by atoms with Crippen LogP contribution in [0.15, 0.2) is 30.5 Å². The second-order valence-electron chi connectivity index (χ2n) is 6.47. The van der Waals surface area contributed by atoms with Gasteiger partial charge in [0.25, 0.3) is 0 Å². The number of carbonyl (C=O) groups is 1. The Balaban J connectivity index is 1.69. The minimum Gasteiger partial charge on any atom is -0.350 e. The molecule has 0 N–H and O–H groups in total. The number of unbranched alkanes of at least 4 members (excludes halogenated alkanes) is 1. The molecule has 2 heterocycles. The third-order valence-corrected chi connectivity index (χ3v) is 4.96. The highest BCUT2D eigenvalue weighted by atomic mass is 16.2. The molecule has 0 spiro atoms. The lowest BCUT2D eigenvalue weighted by Crippen LogP contribution is -2.37. The number of benzene rings is 1. The van der Waals surface area contributed by atoms with Crippen LogP contribution in [0, 0.1) is 0 Å². The predicted octanol–water partition coefficient (Wildman–Crippen LogP) is 4.07. The fourth-order valence-corrected chi connectivity index (χ4v) is 3.62. The van der Waals surface area contributed by atoms with Crippen molar-refractivity contribution in [1.82, 2.24) is 9.47 Å². The first kappa shape index (κ1) is 15.1. The number of hydrogen-bond donors (Lipinski definition) is 0. The van der Waals surface area contributed by atoms with E-state index < -0.39 is 0 Å². The summed E-state index contributed by atoms with van der Waals surface area (Å²) >= 11 is 0. The molecule has 0 unspecified atom stereocenters. The number of aryl methyl sites for hydroxylation is 1. The van der Waals surface area contributed by atoms with E-state index in [9.17, 15) is 4.79 Å². The largest absolute Gasteiger partial charge is 0.350 e. The molecule has 0 aliphatic carbocycles. The van der Waals surface area contributed by atoms with Crippen molar-refractivity contribution in [2.24, 2.45) is 7.05 Å². The molecule has 3 heteroatoms. The second kappa shape index (κ2) is 6.55. The Morgan fingerprint density at radius 1 is 1.23 bits per heavy atom. The lowest BCUT2D eigenvalue weighted by Gasteiger charge is -2.32. The van der Waals surface area contributed by atoms with Crippen LogP contribution < -0.4 is 0 Å². The van der Waals surface area contributed by atoms with E-state index in [1.165, 1.54) is 16.5 Å². The van der Waals surface area contributed by atoms with E-state index in [1.54, 1.807) is 0 Å². The minimum atomic E-state index is 0.346. The Morgan fingerprint density at radius 2 is 1.95 bits per heavy atom. The molecule has 3 rings (SSSR count). The van der Waals surface area contributed by atoms with Crippen molar-refractivity contribution in [2.45, 2.75) is 44.9 Å². The van der Waals surface area contributed by atoms with Gasteiger partial charge in [-0.15, -0.1) is 0 Å². The van der Waals surface area contributed by atoms with Gasteiger partial charge in [-0.2, -0.15) is 0 Å². The highest BCUT2D eigenvalue weighted by molar-refractivity contribution is 5.84. The molecule has 1 aliphatic rings. The van der Waals surface area contributed by atoms with Gasteiger partial charge in [-0.1, -0.05) is 31.5 Å². The van der Waals surface area contributed by atoms with Crippen LogP contribution in [-0.4, -0.2) is 28.5 Å². The Hall–Kier alpha value is -1.77. The predicted molar refractivity (Wildman–Crippen MR) is 91.0 cm³/mol. The number of fused-ring (bicyclic) bond motifs is 1. The number of hydrogen-bond acceptors (Lipinski definition) is 1. The van der Waals surface area contributed by atoms with Crippen LogP contribution in [-0.2, 0) is 11.8 Å². The van der Waals surface area contributed by atoms with Crippen molar-refractivity contribution in [1.29, 1.82) is 0 Å². The lowest BCUT2D eigenvalue weighted by atomic mass is 9.89. The third kappa shape index (κ3) is 2.90. The van der Waals surface area contributed by atoms with Gasteiger partial charge in [0.05, 0.1) is 0 Å². The fourth-order valence-electron chi connectivity index (χ4n) is 3.62. The zero-order valence-electron chi connectivity index (χ0n) is 13.7. The van der Waals surface area contributed by atoms with Crippen LogP contribution in [0.5, 0.6) is 0 Å². The van der Waals surface area contributed by atoms with Crippen molar-refractivity contribution in [3.05, 3.63) is 36.0 Å². The molecular formula is C19H26N2O. The van der Waals surface area contributed by atoms with Crippen LogP contribution >= 0.6 is 0 Å². The van der Waals surface area contributed by atoms with Gasteiger partial charge < -0.3 is 9.47 Å². The maximum absolute atomic E-state index is 12.1. The summed E-state index contributed by atoms with van der Waals surface area (Å²) in [6.45, 7) is 3.97. The Kier molecular flexibility index (Phi) is 4.51. The first-order valence-corrected chi connectivity index (χ1v) is 8.52. The van der Waals surface area contributed by atoms with Crippen molar-refractivity contribution >= 4 is 16.8 Å². The molecule has 3 nitrogen and oxygen atoms in total. The van der Waals surface area contributed by atoms with E-state index >= 15 is 0 Å². The Bertz CT molecular complexity index is 650. The fraction of sp³-hybridized carbons (Fsp3) is 0.526. The zero-order chi connectivity index (χ0) is 15.5. The van der Waals surface area contributed by atoms with E-state index in [2.05, 4.69) is 53.9 Å². The van der Waals surface area contributed by atoms with Crippen LogP contribution in [0.1, 0.15) is 50.5 Å². The van der Waals surface area contributed by atoms with Crippen LogP contribution in [0.4, 0.5) is 0 Å². The minimum absolute atomic E-state index is 0.346. The molecule has 0 bridgehead atoms. The van der Waals surface area contributed by atoms with E-state index in [4.69, 9.17) is 0 Å². The topological polar surface area (TPSA) is 25.2 Å². The highest BCUT2D eigenvalue weighted by Gasteiger charge is 2.25. The summed E-state index contributed by atoms with van der Waals surface area (Å²) in [5.74, 6) is 0.930. The molecule has 0 atom stereocenters. The molecule has 2 aromatic rings. The second-order valence-corrected chi connectivity index (χ2v) is 6.47. The first-order chi connectivity index (χ1) is 10.7. The molecule has 22 heavy (non-hydrogen) atoms. The van der Waals surface area contributed by atoms with Gasteiger partial charge in [0, 0.05) is 43.7 Å². The summed E-state index contributed by atoms with van der Waals surface area (Å²) in [4.78, 5) is 14.2. The molecular weight excluding hydrogens is 272 g/mol. The molecule has 1 aliphatic heterocycles. The monoisotopic (exact) mass is 298 g/mol. The molecule has 1 aromatic heterocycles. The Morgan fingerprint density at radius 3 is 2.68 bits per heavy atom. The van der Waals surface area contributed by atoms with Gasteiger partial charge in [-0.05, 0) is 36.8 Å². The number of nitrogens with zero attached hydrogens (tertiary/aromatic N) is 2.